The lowest BCUT2D eigenvalue weighted by molar-refractivity contribution is -0.121. The van der Waals surface area contributed by atoms with Crippen molar-refractivity contribution >= 4 is 34.8 Å². The van der Waals surface area contributed by atoms with Crippen LogP contribution in [-0.2, 0) is 4.79 Å². The Labute approximate surface area is 130 Å². The van der Waals surface area contributed by atoms with Gasteiger partial charge in [0.1, 0.15) is 0 Å². The fraction of sp³-hybridized carbons (Fsp3) is 0.533. The summed E-state index contributed by atoms with van der Waals surface area (Å²) in [6.45, 7) is 6.94. The maximum atomic E-state index is 12.5. The van der Waals surface area contributed by atoms with Gasteiger partial charge in [0, 0.05) is 0 Å². The molecule has 1 aromatic carbocycles. The van der Waals surface area contributed by atoms with Gasteiger partial charge in [-0.25, -0.2) is 0 Å². The minimum atomic E-state index is -0.233. The molecule has 0 aliphatic carbocycles. The summed E-state index contributed by atoms with van der Waals surface area (Å²) in [4.78, 5) is 12.5. The Balaban J connectivity index is 2.22. The quantitative estimate of drug-likeness (QED) is 0.865. The largest absolute Gasteiger partial charge is 0.322 e. The molecule has 1 unspecified atom stereocenters. The van der Waals surface area contributed by atoms with Crippen LogP contribution in [-0.4, -0.2) is 18.5 Å². The molecule has 5 heteroatoms. The molecule has 1 amide bonds. The zero-order valence-corrected chi connectivity index (χ0v) is 13.5. The molecular formula is C15H20Cl2N2O. The van der Waals surface area contributed by atoms with Gasteiger partial charge in [0.2, 0.25) is 5.91 Å². The number of halogens is 2. The van der Waals surface area contributed by atoms with E-state index in [9.17, 15) is 4.79 Å². The maximum absolute atomic E-state index is 12.5. The number of benzene rings is 1. The summed E-state index contributed by atoms with van der Waals surface area (Å²) >= 11 is 12.4. The van der Waals surface area contributed by atoms with E-state index in [-0.39, 0.29) is 17.4 Å². The van der Waals surface area contributed by atoms with Crippen LogP contribution in [0.5, 0.6) is 0 Å². The van der Waals surface area contributed by atoms with Gasteiger partial charge in [-0.15, -0.1) is 0 Å². The number of carbonyl (C=O) groups is 1. The molecule has 1 aromatic rings. The molecule has 110 valence electrons. The Morgan fingerprint density at radius 3 is 2.75 bits per heavy atom. The summed E-state index contributed by atoms with van der Waals surface area (Å²) in [5.41, 5.74) is 1.31. The van der Waals surface area contributed by atoms with Crippen molar-refractivity contribution in [1.82, 2.24) is 5.32 Å². The highest BCUT2D eigenvalue weighted by atomic mass is 35.5. The third-order valence-electron chi connectivity index (χ3n) is 3.92. The summed E-state index contributed by atoms with van der Waals surface area (Å²) in [5, 5.41) is 7.12. The molecule has 1 atom stereocenters. The van der Waals surface area contributed by atoms with Crippen LogP contribution in [0.25, 0.3) is 0 Å². The second kappa shape index (κ2) is 5.92. The van der Waals surface area contributed by atoms with E-state index >= 15 is 0 Å². The zero-order chi connectivity index (χ0) is 14.9. The minimum absolute atomic E-state index is 0.0783. The van der Waals surface area contributed by atoms with E-state index in [0.29, 0.717) is 15.7 Å². The average Bonchev–Trinajstić information content (AvgIpc) is 2.38. The van der Waals surface area contributed by atoms with Crippen molar-refractivity contribution < 1.29 is 4.79 Å². The minimum Gasteiger partial charge on any atom is -0.322 e. The highest BCUT2D eigenvalue weighted by Gasteiger charge is 2.37. The Hall–Kier alpha value is -0.770. The second-order valence-corrected chi connectivity index (χ2v) is 6.81. The Kier molecular flexibility index (Phi) is 4.62. The molecule has 1 aliphatic rings. The van der Waals surface area contributed by atoms with Crippen LogP contribution in [0, 0.1) is 12.3 Å². The number of hydrogen-bond acceptors (Lipinski definition) is 2. The van der Waals surface area contributed by atoms with Crippen LogP contribution in [0.1, 0.15) is 32.3 Å². The molecule has 0 aromatic heterocycles. The van der Waals surface area contributed by atoms with Gasteiger partial charge in [0.05, 0.1) is 21.8 Å². The fourth-order valence-electron chi connectivity index (χ4n) is 2.63. The highest BCUT2D eigenvalue weighted by Crippen LogP contribution is 2.35. The fourth-order valence-corrected chi connectivity index (χ4v) is 3.09. The average molecular weight is 315 g/mol. The van der Waals surface area contributed by atoms with Crippen molar-refractivity contribution in [2.75, 3.05) is 11.9 Å². The molecule has 2 rings (SSSR count). The number of piperidine rings is 1. The summed E-state index contributed by atoms with van der Waals surface area (Å²) in [6.07, 6.45) is 2.11. The number of anilines is 1. The standard InChI is InChI=1S/C15H20Cl2N2O/c1-9-5-6-10(16)12(11(9)17)19-14(20)13-15(2,3)7-4-8-18-13/h5-6,13,18H,4,7-8H2,1-3H3,(H,19,20). The van der Waals surface area contributed by atoms with Crippen LogP contribution in [0.3, 0.4) is 0 Å². The van der Waals surface area contributed by atoms with E-state index in [4.69, 9.17) is 23.2 Å². The lowest BCUT2D eigenvalue weighted by Gasteiger charge is -2.38. The van der Waals surface area contributed by atoms with E-state index in [1.807, 2.05) is 13.0 Å². The van der Waals surface area contributed by atoms with E-state index in [0.717, 1.165) is 24.9 Å². The Morgan fingerprint density at radius 1 is 1.40 bits per heavy atom. The van der Waals surface area contributed by atoms with Crippen LogP contribution in [0.15, 0.2) is 12.1 Å². The van der Waals surface area contributed by atoms with Gasteiger partial charge >= 0.3 is 0 Å². The van der Waals surface area contributed by atoms with Gasteiger partial charge in [-0.3, -0.25) is 4.79 Å². The van der Waals surface area contributed by atoms with Crippen LogP contribution < -0.4 is 10.6 Å². The molecule has 0 bridgehead atoms. The van der Waals surface area contributed by atoms with Gasteiger partial charge in [0.15, 0.2) is 0 Å². The highest BCUT2D eigenvalue weighted by molar-refractivity contribution is 6.40. The van der Waals surface area contributed by atoms with Gasteiger partial charge in [0.25, 0.3) is 0 Å². The third-order valence-corrected chi connectivity index (χ3v) is 4.72. The molecule has 1 fully saturated rings. The van der Waals surface area contributed by atoms with Crippen molar-refractivity contribution in [3.63, 3.8) is 0 Å². The van der Waals surface area contributed by atoms with Crippen molar-refractivity contribution in [2.45, 2.75) is 39.7 Å². The second-order valence-electron chi connectivity index (χ2n) is 6.02. The summed E-state index contributed by atoms with van der Waals surface area (Å²) < 4.78 is 0. The molecule has 1 heterocycles. The number of carbonyl (C=O) groups excluding carboxylic acids is 1. The number of rotatable bonds is 2. The monoisotopic (exact) mass is 314 g/mol. The van der Waals surface area contributed by atoms with E-state index in [1.165, 1.54) is 0 Å². The van der Waals surface area contributed by atoms with Gasteiger partial charge in [-0.05, 0) is 43.4 Å². The number of amides is 1. The normalized spacial score (nSPS) is 21.6. The smallest absolute Gasteiger partial charge is 0.242 e. The van der Waals surface area contributed by atoms with Crippen LogP contribution >= 0.6 is 23.2 Å². The summed E-state index contributed by atoms with van der Waals surface area (Å²) in [7, 11) is 0. The molecule has 1 saturated heterocycles. The van der Waals surface area contributed by atoms with E-state index < -0.39 is 0 Å². The van der Waals surface area contributed by atoms with Gasteiger partial charge in [-0.2, -0.15) is 0 Å². The van der Waals surface area contributed by atoms with Crippen molar-refractivity contribution in [2.24, 2.45) is 5.41 Å². The first-order valence-corrected chi connectivity index (χ1v) is 7.57. The Morgan fingerprint density at radius 2 is 2.10 bits per heavy atom. The van der Waals surface area contributed by atoms with Crippen LogP contribution in [0.2, 0.25) is 10.0 Å². The first-order chi connectivity index (χ1) is 9.33. The predicted molar refractivity (Wildman–Crippen MR) is 84.6 cm³/mol. The molecule has 0 radical (unpaired) electrons. The van der Waals surface area contributed by atoms with Gasteiger partial charge in [-0.1, -0.05) is 43.1 Å². The first-order valence-electron chi connectivity index (χ1n) is 6.82. The summed E-state index contributed by atoms with van der Waals surface area (Å²) in [5.74, 6) is -0.0795. The third kappa shape index (κ3) is 3.11. The molecule has 0 spiro atoms. The number of nitrogens with one attached hydrogen (secondary N) is 2. The van der Waals surface area contributed by atoms with Crippen molar-refractivity contribution in [3.8, 4) is 0 Å². The van der Waals surface area contributed by atoms with E-state index in [1.54, 1.807) is 6.07 Å². The van der Waals surface area contributed by atoms with Crippen molar-refractivity contribution in [3.05, 3.63) is 27.7 Å². The van der Waals surface area contributed by atoms with E-state index in [2.05, 4.69) is 24.5 Å². The molecular weight excluding hydrogens is 295 g/mol. The molecule has 0 saturated carbocycles. The Bertz CT molecular complexity index is 529. The first kappa shape index (κ1) is 15.6. The molecule has 20 heavy (non-hydrogen) atoms. The predicted octanol–water partition coefficient (Wildman–Crippen LogP) is 4.02. The maximum Gasteiger partial charge on any atom is 0.242 e. The number of hydrogen-bond donors (Lipinski definition) is 2. The summed E-state index contributed by atoms with van der Waals surface area (Å²) in [6, 6.07) is 3.35. The molecule has 3 nitrogen and oxygen atoms in total. The van der Waals surface area contributed by atoms with Crippen LogP contribution in [0.4, 0.5) is 5.69 Å². The SMILES string of the molecule is Cc1ccc(Cl)c(NC(=O)C2NCCCC2(C)C)c1Cl. The number of aryl methyl sites for hydroxylation is 1. The lowest BCUT2D eigenvalue weighted by Crippen LogP contribution is -2.53. The zero-order valence-electron chi connectivity index (χ0n) is 12.0. The lowest BCUT2D eigenvalue weighted by atomic mass is 9.77. The van der Waals surface area contributed by atoms with Gasteiger partial charge < -0.3 is 10.6 Å². The topological polar surface area (TPSA) is 41.1 Å². The molecule has 1 aliphatic heterocycles. The van der Waals surface area contributed by atoms with Crippen molar-refractivity contribution in [1.29, 1.82) is 0 Å². The molecule has 2 N–H and O–H groups in total.